The number of ketones is 1. The van der Waals surface area contributed by atoms with Crippen LogP contribution in [0.1, 0.15) is 37.3 Å². The first-order valence-corrected chi connectivity index (χ1v) is 6.89. The molecule has 4 heteroatoms. The molecule has 2 rings (SSSR count). The quantitative estimate of drug-likeness (QED) is 0.858. The van der Waals surface area contributed by atoms with Crippen molar-refractivity contribution >= 4 is 11.8 Å². The average Bonchev–Trinajstić information content (AvgIpc) is 2.42. The molecule has 0 saturated carbocycles. The number of ether oxygens (including phenoxy) is 1. The fourth-order valence-corrected chi connectivity index (χ4v) is 2.51. The Kier molecular flexibility index (Phi) is 4.23. The number of benzene rings is 1. The molecule has 0 aliphatic carbocycles. The lowest BCUT2D eigenvalue weighted by molar-refractivity contribution is -0.164. The third-order valence-corrected chi connectivity index (χ3v) is 3.92. The molecule has 1 aromatic carbocycles. The van der Waals surface area contributed by atoms with Crippen LogP contribution in [0.3, 0.4) is 0 Å². The second-order valence-corrected chi connectivity index (χ2v) is 5.69. The molecule has 1 atom stereocenters. The maximum atomic E-state index is 12.1. The summed E-state index contributed by atoms with van der Waals surface area (Å²) in [4.78, 5) is 23.6. The van der Waals surface area contributed by atoms with Crippen molar-refractivity contribution in [1.82, 2.24) is 0 Å². The van der Waals surface area contributed by atoms with E-state index in [4.69, 9.17) is 4.74 Å². The minimum Gasteiger partial charge on any atom is -0.480 e. The third kappa shape index (κ3) is 2.75. The number of Topliss-reactive ketones (excluding diaryl/α,β-unsaturated/α-hetero) is 1. The highest BCUT2D eigenvalue weighted by atomic mass is 16.5. The number of carboxylic acids is 1. The molecule has 4 nitrogen and oxygen atoms in total. The van der Waals surface area contributed by atoms with E-state index in [9.17, 15) is 14.7 Å². The molecule has 108 valence electrons. The number of carboxylic acid groups (broad SMARTS) is 1. The number of carbonyl (C=O) groups is 2. The van der Waals surface area contributed by atoms with Crippen molar-refractivity contribution in [1.29, 1.82) is 0 Å². The van der Waals surface area contributed by atoms with Gasteiger partial charge in [-0.25, -0.2) is 0 Å². The molecular formula is C16H20O4. The Morgan fingerprint density at radius 2 is 2.00 bits per heavy atom. The van der Waals surface area contributed by atoms with Gasteiger partial charge in [0.25, 0.3) is 0 Å². The third-order valence-electron chi connectivity index (χ3n) is 3.92. The van der Waals surface area contributed by atoms with Gasteiger partial charge in [0.15, 0.2) is 11.2 Å². The van der Waals surface area contributed by atoms with Gasteiger partial charge in [-0.05, 0) is 23.5 Å². The first-order valence-electron chi connectivity index (χ1n) is 6.89. The molecule has 1 N–H and O–H groups in total. The minimum absolute atomic E-state index is 0.0346. The lowest BCUT2D eigenvalue weighted by Crippen LogP contribution is -2.48. The second-order valence-electron chi connectivity index (χ2n) is 5.69. The Morgan fingerprint density at radius 1 is 1.35 bits per heavy atom. The van der Waals surface area contributed by atoms with Crippen LogP contribution in [0, 0.1) is 5.41 Å². The number of carbonyl (C=O) groups excluding carboxylic acids is 1. The monoisotopic (exact) mass is 276 g/mol. The molecule has 1 heterocycles. The number of hydrogen-bond donors (Lipinski definition) is 1. The van der Waals surface area contributed by atoms with Crippen LogP contribution in [0.5, 0.6) is 0 Å². The Morgan fingerprint density at radius 3 is 2.50 bits per heavy atom. The van der Waals surface area contributed by atoms with Crippen molar-refractivity contribution in [3.05, 3.63) is 35.4 Å². The highest BCUT2D eigenvalue weighted by Crippen LogP contribution is 2.30. The Hall–Kier alpha value is -1.68. The van der Waals surface area contributed by atoms with E-state index in [-0.39, 0.29) is 25.2 Å². The maximum absolute atomic E-state index is 12.1. The van der Waals surface area contributed by atoms with Gasteiger partial charge < -0.3 is 9.84 Å². The molecule has 20 heavy (non-hydrogen) atoms. The average molecular weight is 276 g/mol. The summed E-state index contributed by atoms with van der Waals surface area (Å²) in [7, 11) is 0. The van der Waals surface area contributed by atoms with E-state index in [1.54, 1.807) is 0 Å². The Labute approximate surface area is 118 Å². The van der Waals surface area contributed by atoms with E-state index in [0.717, 1.165) is 5.56 Å². The first-order chi connectivity index (χ1) is 9.45. The lowest BCUT2D eigenvalue weighted by atomic mass is 9.76. The van der Waals surface area contributed by atoms with Crippen LogP contribution < -0.4 is 0 Å². The van der Waals surface area contributed by atoms with Gasteiger partial charge in [-0.1, -0.05) is 38.1 Å². The molecule has 0 radical (unpaired) electrons. The minimum atomic E-state index is -1.42. The molecule has 1 aliphatic heterocycles. The zero-order valence-corrected chi connectivity index (χ0v) is 11.9. The Balaban J connectivity index is 2.24. The van der Waals surface area contributed by atoms with Crippen molar-refractivity contribution in [2.75, 3.05) is 13.2 Å². The zero-order valence-electron chi connectivity index (χ0n) is 11.9. The van der Waals surface area contributed by atoms with Crippen LogP contribution in [0.25, 0.3) is 0 Å². The summed E-state index contributed by atoms with van der Waals surface area (Å²) in [5.41, 5.74) is 0.637. The van der Waals surface area contributed by atoms with E-state index >= 15 is 0 Å². The Bertz CT molecular complexity index is 504. The zero-order chi connectivity index (χ0) is 14.8. The highest BCUT2D eigenvalue weighted by molar-refractivity contribution is 6.04. The summed E-state index contributed by atoms with van der Waals surface area (Å²) >= 11 is 0. The number of rotatable bonds is 4. The van der Waals surface area contributed by atoms with Gasteiger partial charge in [0.1, 0.15) is 0 Å². The molecule has 1 saturated heterocycles. The predicted molar refractivity (Wildman–Crippen MR) is 74.7 cm³/mol. The van der Waals surface area contributed by atoms with Gasteiger partial charge in [0.2, 0.25) is 0 Å². The van der Waals surface area contributed by atoms with E-state index in [1.807, 2.05) is 24.3 Å². The fourth-order valence-electron chi connectivity index (χ4n) is 2.51. The molecule has 0 bridgehead atoms. The van der Waals surface area contributed by atoms with Gasteiger partial charge in [-0.3, -0.25) is 9.59 Å². The van der Waals surface area contributed by atoms with E-state index in [0.29, 0.717) is 12.5 Å². The van der Waals surface area contributed by atoms with Crippen molar-refractivity contribution in [3.8, 4) is 0 Å². The molecule has 1 unspecified atom stereocenters. The number of aliphatic carboxylic acids is 1. The largest absolute Gasteiger partial charge is 0.480 e. The predicted octanol–water partition coefficient (Wildman–Crippen LogP) is 2.41. The number of hydrogen-bond acceptors (Lipinski definition) is 3. The molecule has 0 aromatic heterocycles. The molecule has 0 amide bonds. The van der Waals surface area contributed by atoms with Crippen LogP contribution in [0.2, 0.25) is 0 Å². The summed E-state index contributed by atoms with van der Waals surface area (Å²) in [6.45, 7) is 4.49. The van der Waals surface area contributed by atoms with Crippen molar-refractivity contribution in [3.63, 3.8) is 0 Å². The van der Waals surface area contributed by atoms with Crippen molar-refractivity contribution < 1.29 is 19.4 Å². The summed E-state index contributed by atoms with van der Waals surface area (Å²) < 4.78 is 5.25. The van der Waals surface area contributed by atoms with Crippen molar-refractivity contribution in [2.24, 2.45) is 5.41 Å². The molecular weight excluding hydrogens is 256 g/mol. The van der Waals surface area contributed by atoms with Crippen molar-refractivity contribution in [2.45, 2.75) is 32.6 Å². The second kappa shape index (κ2) is 5.75. The molecule has 1 aromatic rings. The molecule has 1 aliphatic rings. The maximum Gasteiger partial charge on any atom is 0.319 e. The highest BCUT2D eigenvalue weighted by Gasteiger charge is 2.47. The van der Waals surface area contributed by atoms with E-state index in [2.05, 4.69) is 13.8 Å². The van der Waals surface area contributed by atoms with Gasteiger partial charge in [0.05, 0.1) is 13.2 Å². The first kappa shape index (κ1) is 14.7. The van der Waals surface area contributed by atoms with E-state index < -0.39 is 11.4 Å². The van der Waals surface area contributed by atoms with Gasteiger partial charge in [-0.2, -0.15) is 0 Å². The van der Waals surface area contributed by atoms with Crippen LogP contribution >= 0.6 is 0 Å². The summed E-state index contributed by atoms with van der Waals surface area (Å²) in [5.74, 6) is -0.892. The van der Waals surface area contributed by atoms with Crippen LogP contribution in [0.15, 0.2) is 24.3 Å². The SMILES string of the molecule is CC(C)c1ccc(CC2(C(=O)O)COCCC2=O)cc1. The van der Waals surface area contributed by atoms with Crippen LogP contribution in [0.4, 0.5) is 0 Å². The standard InChI is InChI=1S/C16H20O4/c1-11(2)13-5-3-12(4-6-13)9-16(15(18)19)10-20-8-7-14(16)17/h3-6,11H,7-10H2,1-2H3,(H,18,19). The van der Waals surface area contributed by atoms with Gasteiger partial charge >= 0.3 is 5.97 Å². The van der Waals surface area contributed by atoms with Gasteiger partial charge in [-0.15, -0.1) is 0 Å². The summed E-state index contributed by atoms with van der Waals surface area (Å²) in [6, 6.07) is 7.79. The fraction of sp³-hybridized carbons (Fsp3) is 0.500. The molecule has 1 fully saturated rings. The lowest BCUT2D eigenvalue weighted by Gasteiger charge is -2.31. The van der Waals surface area contributed by atoms with Crippen LogP contribution in [-0.2, 0) is 20.7 Å². The smallest absolute Gasteiger partial charge is 0.319 e. The normalized spacial score (nSPS) is 23.1. The van der Waals surface area contributed by atoms with Crippen LogP contribution in [-0.4, -0.2) is 30.1 Å². The summed E-state index contributed by atoms with van der Waals surface area (Å²) in [6.07, 6.45) is 0.371. The molecule has 0 spiro atoms. The van der Waals surface area contributed by atoms with Gasteiger partial charge in [0, 0.05) is 6.42 Å². The topological polar surface area (TPSA) is 63.6 Å². The summed E-state index contributed by atoms with van der Waals surface area (Å²) in [5, 5.41) is 9.46. The van der Waals surface area contributed by atoms with E-state index in [1.165, 1.54) is 5.56 Å².